The van der Waals surface area contributed by atoms with Crippen molar-refractivity contribution in [1.82, 2.24) is 5.43 Å². The van der Waals surface area contributed by atoms with Crippen molar-refractivity contribution in [2.45, 2.75) is 13.0 Å². The average molecular weight is 277 g/mol. The number of halogens is 1. The lowest BCUT2D eigenvalue weighted by Crippen LogP contribution is -2.22. The molecular formula is C15H17ClN2O. The number of hydrogen-bond donors (Lipinski definition) is 3. The lowest BCUT2D eigenvalue weighted by molar-refractivity contribution is 0.221. The van der Waals surface area contributed by atoms with Crippen molar-refractivity contribution in [2.75, 3.05) is 12.0 Å². The quantitative estimate of drug-likeness (QED) is 0.734. The summed E-state index contributed by atoms with van der Waals surface area (Å²) in [7, 11) is 0. The molecule has 2 aromatic carbocycles. The van der Waals surface area contributed by atoms with E-state index in [2.05, 4.69) is 10.9 Å². The second-order valence-corrected chi connectivity index (χ2v) is 4.64. The van der Waals surface area contributed by atoms with Gasteiger partial charge in [0, 0.05) is 17.1 Å². The molecular weight excluding hydrogens is 260 g/mol. The Morgan fingerprint density at radius 3 is 2.58 bits per heavy atom. The Bertz CT molecular complexity index is 531. The highest BCUT2D eigenvalue weighted by atomic mass is 35.5. The zero-order valence-corrected chi connectivity index (χ0v) is 11.5. The van der Waals surface area contributed by atoms with Crippen molar-refractivity contribution in [3.8, 4) is 0 Å². The first-order valence-corrected chi connectivity index (χ1v) is 6.61. The summed E-state index contributed by atoms with van der Waals surface area (Å²) in [6, 6.07) is 14.9. The normalized spacial score (nSPS) is 12.2. The molecule has 0 fully saturated rings. The van der Waals surface area contributed by atoms with E-state index >= 15 is 0 Å². The monoisotopic (exact) mass is 276 g/mol. The number of aliphatic hydroxyl groups excluding tert-OH is 1. The summed E-state index contributed by atoms with van der Waals surface area (Å²) >= 11 is 6.02. The molecule has 19 heavy (non-hydrogen) atoms. The fourth-order valence-electron chi connectivity index (χ4n) is 1.87. The fourth-order valence-corrected chi connectivity index (χ4v) is 2.05. The molecule has 0 amide bonds. The van der Waals surface area contributed by atoms with Gasteiger partial charge in [-0.25, -0.2) is 5.43 Å². The van der Waals surface area contributed by atoms with Gasteiger partial charge in [0.15, 0.2) is 0 Å². The zero-order chi connectivity index (χ0) is 13.7. The van der Waals surface area contributed by atoms with E-state index in [0.29, 0.717) is 5.02 Å². The highest BCUT2D eigenvalue weighted by Crippen LogP contribution is 2.30. The average Bonchev–Trinajstić information content (AvgIpc) is 2.46. The first-order chi connectivity index (χ1) is 9.22. The van der Waals surface area contributed by atoms with Crippen LogP contribution in [0.4, 0.5) is 5.69 Å². The van der Waals surface area contributed by atoms with Crippen LogP contribution in [0.3, 0.4) is 0 Å². The summed E-state index contributed by atoms with van der Waals surface area (Å²) in [4.78, 5) is 0. The van der Waals surface area contributed by atoms with Crippen LogP contribution in [-0.2, 0) is 0 Å². The molecule has 2 aromatic rings. The molecule has 0 bridgehead atoms. The van der Waals surface area contributed by atoms with Gasteiger partial charge in [0.05, 0.1) is 5.69 Å². The van der Waals surface area contributed by atoms with E-state index in [1.54, 1.807) is 12.1 Å². The molecule has 3 nitrogen and oxygen atoms in total. The van der Waals surface area contributed by atoms with E-state index in [-0.39, 0.29) is 0 Å². The minimum Gasteiger partial charge on any atom is -0.384 e. The Kier molecular flexibility index (Phi) is 4.80. The molecule has 0 aromatic heterocycles. The minimum atomic E-state index is -0.707. The highest BCUT2D eigenvalue weighted by Gasteiger charge is 2.14. The van der Waals surface area contributed by atoms with Crippen LogP contribution in [0.25, 0.3) is 0 Å². The molecule has 3 N–H and O–H groups in total. The summed E-state index contributed by atoms with van der Waals surface area (Å²) in [5.41, 5.74) is 8.51. The summed E-state index contributed by atoms with van der Waals surface area (Å²) in [5.74, 6) is 0. The van der Waals surface area contributed by atoms with E-state index in [1.165, 1.54) is 0 Å². The van der Waals surface area contributed by atoms with Crippen molar-refractivity contribution < 1.29 is 5.11 Å². The molecule has 2 rings (SSSR count). The standard InChI is InChI=1S/C15H17ClN2O/c1-2-17-18-14-9-8-12(16)10-13(14)15(19)11-6-4-3-5-7-11/h3-10,15,17-19H,2H2,1H3. The summed E-state index contributed by atoms with van der Waals surface area (Å²) in [6.07, 6.45) is -0.707. The predicted molar refractivity (Wildman–Crippen MR) is 79.3 cm³/mol. The van der Waals surface area contributed by atoms with E-state index in [9.17, 15) is 5.11 Å². The molecule has 4 heteroatoms. The van der Waals surface area contributed by atoms with Gasteiger partial charge in [-0.2, -0.15) is 0 Å². The number of anilines is 1. The minimum absolute atomic E-state index is 0.604. The van der Waals surface area contributed by atoms with E-state index < -0.39 is 6.10 Å². The van der Waals surface area contributed by atoms with Gasteiger partial charge in [0.1, 0.15) is 6.10 Å². The lowest BCUT2D eigenvalue weighted by Gasteiger charge is -2.17. The van der Waals surface area contributed by atoms with Crippen molar-refractivity contribution >= 4 is 17.3 Å². The van der Waals surface area contributed by atoms with Crippen LogP contribution in [0.5, 0.6) is 0 Å². The van der Waals surface area contributed by atoms with Crippen LogP contribution >= 0.6 is 11.6 Å². The molecule has 0 aliphatic rings. The van der Waals surface area contributed by atoms with E-state index in [0.717, 1.165) is 23.4 Å². The Labute approximate surface area is 118 Å². The van der Waals surface area contributed by atoms with Crippen molar-refractivity contribution in [3.63, 3.8) is 0 Å². The van der Waals surface area contributed by atoms with Gasteiger partial charge in [0.25, 0.3) is 0 Å². The van der Waals surface area contributed by atoms with Crippen molar-refractivity contribution in [3.05, 3.63) is 64.7 Å². The van der Waals surface area contributed by atoms with Gasteiger partial charge < -0.3 is 10.5 Å². The molecule has 0 heterocycles. The van der Waals surface area contributed by atoms with Crippen LogP contribution in [0, 0.1) is 0 Å². The molecule has 0 saturated heterocycles. The summed E-state index contributed by atoms with van der Waals surface area (Å²) < 4.78 is 0. The van der Waals surface area contributed by atoms with Crippen LogP contribution in [0.15, 0.2) is 48.5 Å². The Morgan fingerprint density at radius 2 is 1.89 bits per heavy atom. The summed E-state index contributed by atoms with van der Waals surface area (Å²) in [6.45, 7) is 2.78. The van der Waals surface area contributed by atoms with Gasteiger partial charge in [-0.3, -0.25) is 0 Å². The number of rotatable bonds is 5. The largest absolute Gasteiger partial charge is 0.384 e. The maximum Gasteiger partial charge on any atom is 0.106 e. The molecule has 0 spiro atoms. The molecule has 1 unspecified atom stereocenters. The number of benzene rings is 2. The molecule has 0 radical (unpaired) electrons. The second kappa shape index (κ2) is 6.57. The maximum atomic E-state index is 10.5. The second-order valence-electron chi connectivity index (χ2n) is 4.20. The molecule has 1 atom stereocenters. The Morgan fingerprint density at radius 1 is 1.16 bits per heavy atom. The SMILES string of the molecule is CCNNc1ccc(Cl)cc1C(O)c1ccccc1. The third-order valence-corrected chi connectivity index (χ3v) is 3.06. The van der Waals surface area contributed by atoms with Crippen LogP contribution in [0.2, 0.25) is 5.02 Å². The summed E-state index contributed by atoms with van der Waals surface area (Å²) in [5, 5.41) is 11.1. The smallest absolute Gasteiger partial charge is 0.106 e. The van der Waals surface area contributed by atoms with Gasteiger partial charge in [-0.15, -0.1) is 0 Å². The third kappa shape index (κ3) is 3.47. The van der Waals surface area contributed by atoms with Crippen LogP contribution in [-0.4, -0.2) is 11.7 Å². The number of hydrogen-bond acceptors (Lipinski definition) is 3. The van der Waals surface area contributed by atoms with Crippen LogP contribution < -0.4 is 10.9 Å². The molecule has 100 valence electrons. The van der Waals surface area contributed by atoms with Crippen molar-refractivity contribution in [1.29, 1.82) is 0 Å². The lowest BCUT2D eigenvalue weighted by atomic mass is 10.00. The van der Waals surface area contributed by atoms with Gasteiger partial charge >= 0.3 is 0 Å². The van der Waals surface area contributed by atoms with Gasteiger partial charge in [0.2, 0.25) is 0 Å². The fraction of sp³-hybridized carbons (Fsp3) is 0.200. The highest BCUT2D eigenvalue weighted by molar-refractivity contribution is 6.30. The Balaban J connectivity index is 2.34. The van der Waals surface area contributed by atoms with E-state index in [1.807, 2.05) is 43.3 Å². The molecule has 0 aliphatic heterocycles. The predicted octanol–water partition coefficient (Wildman–Crippen LogP) is 3.36. The van der Waals surface area contributed by atoms with Gasteiger partial charge in [-0.1, -0.05) is 48.9 Å². The first kappa shape index (κ1) is 13.9. The maximum absolute atomic E-state index is 10.5. The number of hydrazine groups is 1. The number of nitrogens with one attached hydrogen (secondary N) is 2. The van der Waals surface area contributed by atoms with E-state index in [4.69, 9.17) is 11.6 Å². The third-order valence-electron chi connectivity index (χ3n) is 2.82. The number of aliphatic hydroxyl groups is 1. The molecule has 0 aliphatic carbocycles. The Hall–Kier alpha value is -1.55. The topological polar surface area (TPSA) is 44.3 Å². The zero-order valence-electron chi connectivity index (χ0n) is 10.7. The van der Waals surface area contributed by atoms with Gasteiger partial charge in [-0.05, 0) is 23.8 Å². The van der Waals surface area contributed by atoms with Crippen LogP contribution in [0.1, 0.15) is 24.2 Å². The first-order valence-electron chi connectivity index (χ1n) is 6.23. The molecule has 0 saturated carbocycles. The van der Waals surface area contributed by atoms with Crippen molar-refractivity contribution in [2.24, 2.45) is 0 Å².